The molecule has 0 aromatic carbocycles. The quantitative estimate of drug-likeness (QED) is 0.639. The van der Waals surface area contributed by atoms with Crippen LogP contribution < -0.4 is 10.2 Å². The van der Waals surface area contributed by atoms with Crippen LogP contribution >= 0.6 is 15.9 Å². The molecule has 1 atom stereocenters. The number of pyridine rings is 1. The first-order valence-corrected chi connectivity index (χ1v) is 6.95. The van der Waals surface area contributed by atoms with E-state index in [9.17, 15) is 14.9 Å². The number of urea groups is 1. The first kappa shape index (κ1) is 13.1. The molecule has 1 N–H and O–H groups in total. The largest absolute Gasteiger partial charge is 0.347 e. The van der Waals surface area contributed by atoms with Crippen molar-refractivity contribution < 1.29 is 9.72 Å². The first-order chi connectivity index (χ1) is 9.56. The van der Waals surface area contributed by atoms with Gasteiger partial charge in [0.05, 0.1) is 11.0 Å². The monoisotopic (exact) mass is 341 g/mol. The Bertz CT molecular complexity index is 581. The fourth-order valence-electron chi connectivity index (χ4n) is 2.60. The maximum Gasteiger partial charge on any atom is 0.317 e. The van der Waals surface area contributed by atoms with Gasteiger partial charge in [-0.1, -0.05) is 0 Å². The maximum atomic E-state index is 11.5. The number of nitrogens with one attached hydrogen (secondary N) is 1. The summed E-state index contributed by atoms with van der Waals surface area (Å²) in [5.74, 6) is 0.359. The lowest BCUT2D eigenvalue weighted by atomic mass is 10.2. The number of nitro groups is 1. The molecule has 9 heteroatoms. The zero-order chi connectivity index (χ0) is 14.3. The van der Waals surface area contributed by atoms with Gasteiger partial charge in [-0.15, -0.1) is 0 Å². The van der Waals surface area contributed by atoms with Crippen LogP contribution in [-0.2, 0) is 0 Å². The summed E-state index contributed by atoms with van der Waals surface area (Å²) >= 11 is 3.19. The minimum atomic E-state index is -0.433. The number of carbonyl (C=O) groups excluding carboxylic acids is 1. The van der Waals surface area contributed by atoms with Gasteiger partial charge in [0.25, 0.3) is 0 Å². The van der Waals surface area contributed by atoms with Crippen LogP contribution in [0.25, 0.3) is 0 Å². The van der Waals surface area contributed by atoms with E-state index in [-0.39, 0.29) is 17.8 Å². The van der Waals surface area contributed by atoms with Crippen molar-refractivity contribution in [2.24, 2.45) is 0 Å². The number of aromatic nitrogens is 1. The number of fused-ring (bicyclic) bond motifs is 1. The summed E-state index contributed by atoms with van der Waals surface area (Å²) in [7, 11) is 0. The first-order valence-electron chi connectivity index (χ1n) is 6.15. The van der Waals surface area contributed by atoms with Gasteiger partial charge in [-0.05, 0) is 15.9 Å². The number of rotatable bonds is 2. The fraction of sp³-hybridized carbons (Fsp3) is 0.455. The second kappa shape index (κ2) is 4.89. The van der Waals surface area contributed by atoms with Crippen molar-refractivity contribution in [3.05, 3.63) is 26.9 Å². The zero-order valence-electron chi connectivity index (χ0n) is 10.5. The Morgan fingerprint density at radius 1 is 1.50 bits per heavy atom. The summed E-state index contributed by atoms with van der Waals surface area (Å²) in [6.07, 6.45) is 1.55. The van der Waals surface area contributed by atoms with Gasteiger partial charge in [0.2, 0.25) is 5.82 Å². The summed E-state index contributed by atoms with van der Waals surface area (Å²) in [5, 5.41) is 13.9. The molecule has 1 unspecified atom stereocenters. The highest BCUT2D eigenvalue weighted by Gasteiger charge is 2.37. The van der Waals surface area contributed by atoms with Gasteiger partial charge in [0.1, 0.15) is 0 Å². The molecule has 3 rings (SSSR count). The normalized spacial score (nSPS) is 21.6. The molecule has 106 valence electrons. The second-order valence-corrected chi connectivity index (χ2v) is 5.65. The molecule has 20 heavy (non-hydrogen) atoms. The molecular weight excluding hydrogens is 330 g/mol. The summed E-state index contributed by atoms with van der Waals surface area (Å²) in [6, 6.07) is 1.43. The molecule has 0 bridgehead atoms. The molecule has 8 nitrogen and oxygen atoms in total. The Hall–Kier alpha value is -1.90. The van der Waals surface area contributed by atoms with Crippen molar-refractivity contribution >= 4 is 33.5 Å². The number of hydrogen-bond donors (Lipinski definition) is 1. The van der Waals surface area contributed by atoms with Gasteiger partial charge in [0, 0.05) is 42.9 Å². The lowest BCUT2D eigenvalue weighted by Gasteiger charge is -2.36. The van der Waals surface area contributed by atoms with E-state index in [0.717, 1.165) is 0 Å². The number of hydrogen-bond acceptors (Lipinski definition) is 5. The molecule has 2 aliphatic rings. The molecule has 0 spiro atoms. The smallest absolute Gasteiger partial charge is 0.317 e. The highest BCUT2D eigenvalue weighted by Crippen LogP contribution is 2.30. The Labute approximate surface area is 123 Å². The van der Waals surface area contributed by atoms with Crippen LogP contribution in [0.5, 0.6) is 0 Å². The molecule has 0 saturated carbocycles. The van der Waals surface area contributed by atoms with E-state index in [0.29, 0.717) is 36.5 Å². The molecule has 2 saturated heterocycles. The molecular formula is C11H12BrN5O3. The molecule has 0 aliphatic carbocycles. The van der Waals surface area contributed by atoms with Gasteiger partial charge in [0.15, 0.2) is 0 Å². The molecule has 2 aliphatic heterocycles. The van der Waals surface area contributed by atoms with Crippen molar-refractivity contribution in [3.63, 3.8) is 0 Å². The maximum absolute atomic E-state index is 11.5. The van der Waals surface area contributed by atoms with Gasteiger partial charge in [-0.2, -0.15) is 0 Å². The highest BCUT2D eigenvalue weighted by molar-refractivity contribution is 9.10. The van der Waals surface area contributed by atoms with Crippen LogP contribution in [0.4, 0.5) is 16.3 Å². The summed E-state index contributed by atoms with van der Waals surface area (Å²) in [4.78, 5) is 30.0. The van der Waals surface area contributed by atoms with Crippen LogP contribution in [0.2, 0.25) is 0 Å². The van der Waals surface area contributed by atoms with Crippen LogP contribution in [0.1, 0.15) is 0 Å². The van der Waals surface area contributed by atoms with Crippen LogP contribution in [0.3, 0.4) is 0 Å². The van der Waals surface area contributed by atoms with Crippen molar-refractivity contribution in [2.45, 2.75) is 6.04 Å². The predicted octanol–water partition coefficient (Wildman–Crippen LogP) is 0.966. The van der Waals surface area contributed by atoms with E-state index in [1.807, 2.05) is 4.90 Å². The van der Waals surface area contributed by atoms with Gasteiger partial charge >= 0.3 is 11.7 Å². The third-order valence-electron chi connectivity index (χ3n) is 3.54. The van der Waals surface area contributed by atoms with Crippen molar-refractivity contribution in [1.82, 2.24) is 15.2 Å². The van der Waals surface area contributed by atoms with Crippen LogP contribution in [0, 0.1) is 10.1 Å². The SMILES string of the molecule is O=C1NCC2CN(c3ncc(Br)cc3[N+](=O)[O-])CCN12. The van der Waals surface area contributed by atoms with Crippen molar-refractivity contribution in [1.29, 1.82) is 0 Å². The number of nitrogens with zero attached hydrogens (tertiary/aromatic N) is 4. The van der Waals surface area contributed by atoms with Gasteiger partial charge < -0.3 is 15.1 Å². The lowest BCUT2D eigenvalue weighted by molar-refractivity contribution is -0.384. The average Bonchev–Trinajstić information content (AvgIpc) is 2.80. The van der Waals surface area contributed by atoms with E-state index in [4.69, 9.17) is 0 Å². The highest BCUT2D eigenvalue weighted by atomic mass is 79.9. The lowest BCUT2D eigenvalue weighted by Crippen LogP contribution is -2.52. The van der Waals surface area contributed by atoms with Gasteiger partial charge in [-0.25, -0.2) is 9.78 Å². The summed E-state index contributed by atoms with van der Waals surface area (Å²) in [6.45, 7) is 2.21. The van der Waals surface area contributed by atoms with Gasteiger partial charge in [-0.3, -0.25) is 10.1 Å². The van der Waals surface area contributed by atoms with E-state index in [1.165, 1.54) is 6.07 Å². The standard InChI is InChI=1S/C11H12BrN5O3/c12-7-3-9(17(19)20)10(13-4-7)15-1-2-16-8(6-15)5-14-11(16)18/h3-4,8H,1-2,5-6H2,(H,14,18). The van der Waals surface area contributed by atoms with E-state index < -0.39 is 4.92 Å². The molecule has 0 radical (unpaired) electrons. The Kier molecular flexibility index (Phi) is 3.20. The number of halogens is 1. The Morgan fingerprint density at radius 3 is 3.05 bits per heavy atom. The third-order valence-corrected chi connectivity index (χ3v) is 3.98. The third kappa shape index (κ3) is 2.17. The molecule has 1 aromatic heterocycles. The minimum Gasteiger partial charge on any atom is -0.347 e. The van der Waals surface area contributed by atoms with Crippen LogP contribution in [0.15, 0.2) is 16.7 Å². The van der Waals surface area contributed by atoms with Crippen LogP contribution in [-0.4, -0.2) is 53.1 Å². The number of carbonyl (C=O) groups is 1. The van der Waals surface area contributed by atoms with Crippen molar-refractivity contribution in [3.8, 4) is 0 Å². The average molecular weight is 342 g/mol. The van der Waals surface area contributed by atoms with E-state index in [1.54, 1.807) is 11.1 Å². The fourth-order valence-corrected chi connectivity index (χ4v) is 2.91. The van der Waals surface area contributed by atoms with E-state index >= 15 is 0 Å². The predicted molar refractivity (Wildman–Crippen MR) is 74.7 cm³/mol. The molecule has 1 aromatic rings. The Balaban J connectivity index is 1.87. The number of piperazine rings is 1. The van der Waals surface area contributed by atoms with Crippen molar-refractivity contribution in [2.75, 3.05) is 31.1 Å². The summed E-state index contributed by atoms with van der Waals surface area (Å²) in [5.41, 5.74) is -0.0230. The zero-order valence-corrected chi connectivity index (χ0v) is 12.0. The molecule has 3 heterocycles. The Morgan fingerprint density at radius 2 is 2.30 bits per heavy atom. The number of amides is 2. The summed E-state index contributed by atoms with van der Waals surface area (Å²) < 4.78 is 0.573. The number of anilines is 1. The molecule has 2 fully saturated rings. The topological polar surface area (TPSA) is 91.6 Å². The minimum absolute atomic E-state index is 0.0230. The molecule has 2 amide bonds. The second-order valence-electron chi connectivity index (χ2n) is 4.73. The van der Waals surface area contributed by atoms with E-state index in [2.05, 4.69) is 26.2 Å².